The van der Waals surface area contributed by atoms with Crippen LogP contribution in [0.2, 0.25) is 0 Å². The molecule has 2 rings (SSSR count). The third kappa shape index (κ3) is 2.77. The van der Waals surface area contributed by atoms with Crippen LogP contribution in [0.25, 0.3) is 0 Å². The maximum Gasteiger partial charge on any atom is 0.294 e. The summed E-state index contributed by atoms with van der Waals surface area (Å²) in [6.45, 7) is 2.33. The SMILES string of the molecule is CC1C(=O)NCCN1C(=O)c1ccc(NN)c([N+](=O)[O-])c1. The van der Waals surface area contributed by atoms with E-state index in [1.807, 2.05) is 0 Å². The number of benzene rings is 1. The van der Waals surface area contributed by atoms with Crippen LogP contribution >= 0.6 is 0 Å². The number of rotatable bonds is 3. The Bertz CT molecular complexity index is 603. The van der Waals surface area contributed by atoms with Crippen molar-refractivity contribution in [2.45, 2.75) is 13.0 Å². The Kier molecular flexibility index (Phi) is 4.03. The molecule has 1 heterocycles. The number of anilines is 1. The number of hydrogen-bond acceptors (Lipinski definition) is 6. The highest BCUT2D eigenvalue weighted by molar-refractivity contribution is 5.99. The first kappa shape index (κ1) is 14.7. The first-order valence-corrected chi connectivity index (χ1v) is 6.29. The minimum Gasteiger partial charge on any atom is -0.353 e. The summed E-state index contributed by atoms with van der Waals surface area (Å²) < 4.78 is 0. The second-order valence-electron chi connectivity index (χ2n) is 4.60. The van der Waals surface area contributed by atoms with Gasteiger partial charge in [0.25, 0.3) is 11.6 Å². The van der Waals surface area contributed by atoms with Gasteiger partial charge < -0.3 is 15.6 Å². The number of nitrogens with two attached hydrogens (primary N) is 1. The van der Waals surface area contributed by atoms with Crippen molar-refractivity contribution in [3.63, 3.8) is 0 Å². The second-order valence-corrected chi connectivity index (χ2v) is 4.60. The van der Waals surface area contributed by atoms with Gasteiger partial charge in [0.05, 0.1) is 4.92 Å². The van der Waals surface area contributed by atoms with Crippen LogP contribution < -0.4 is 16.6 Å². The molecule has 4 N–H and O–H groups in total. The molecule has 0 bridgehead atoms. The number of hydrazine groups is 1. The molecule has 1 aliphatic rings. The molecule has 1 aromatic rings. The molecule has 9 heteroatoms. The van der Waals surface area contributed by atoms with E-state index < -0.39 is 16.9 Å². The third-order valence-corrected chi connectivity index (χ3v) is 3.36. The van der Waals surface area contributed by atoms with Gasteiger partial charge in [-0.3, -0.25) is 25.5 Å². The molecule has 0 spiro atoms. The van der Waals surface area contributed by atoms with E-state index in [4.69, 9.17) is 5.84 Å². The maximum atomic E-state index is 12.4. The largest absolute Gasteiger partial charge is 0.353 e. The van der Waals surface area contributed by atoms with Gasteiger partial charge in [-0.1, -0.05) is 0 Å². The molecule has 112 valence electrons. The minimum atomic E-state index is -0.627. The summed E-state index contributed by atoms with van der Waals surface area (Å²) in [7, 11) is 0. The lowest BCUT2D eigenvalue weighted by atomic mass is 10.1. The second kappa shape index (κ2) is 5.75. The number of carbonyl (C=O) groups excluding carboxylic acids is 2. The van der Waals surface area contributed by atoms with E-state index in [-0.39, 0.29) is 22.8 Å². The average Bonchev–Trinajstić information content (AvgIpc) is 2.48. The van der Waals surface area contributed by atoms with Crippen LogP contribution in [-0.4, -0.2) is 40.8 Å². The first-order chi connectivity index (χ1) is 9.95. The monoisotopic (exact) mass is 293 g/mol. The van der Waals surface area contributed by atoms with Crippen molar-refractivity contribution in [2.75, 3.05) is 18.5 Å². The molecule has 0 saturated carbocycles. The van der Waals surface area contributed by atoms with Gasteiger partial charge in [-0.25, -0.2) is 0 Å². The number of carbonyl (C=O) groups is 2. The lowest BCUT2D eigenvalue weighted by molar-refractivity contribution is -0.384. The van der Waals surface area contributed by atoms with Gasteiger partial charge in [0.2, 0.25) is 5.91 Å². The zero-order valence-corrected chi connectivity index (χ0v) is 11.3. The minimum absolute atomic E-state index is 0.112. The van der Waals surface area contributed by atoms with Crippen LogP contribution in [0.4, 0.5) is 11.4 Å². The molecule has 9 nitrogen and oxygen atoms in total. The van der Waals surface area contributed by atoms with E-state index in [1.54, 1.807) is 6.92 Å². The van der Waals surface area contributed by atoms with Gasteiger partial charge in [0.1, 0.15) is 11.7 Å². The Morgan fingerprint density at radius 2 is 2.29 bits per heavy atom. The van der Waals surface area contributed by atoms with E-state index in [0.29, 0.717) is 13.1 Å². The molecule has 1 saturated heterocycles. The molecule has 0 aromatic heterocycles. The van der Waals surface area contributed by atoms with Crippen molar-refractivity contribution >= 4 is 23.2 Å². The Morgan fingerprint density at radius 3 is 2.90 bits per heavy atom. The van der Waals surface area contributed by atoms with Gasteiger partial charge in [-0.2, -0.15) is 0 Å². The van der Waals surface area contributed by atoms with E-state index in [2.05, 4.69) is 10.7 Å². The quantitative estimate of drug-likeness (QED) is 0.403. The standard InChI is InChI=1S/C12H15N5O4/c1-7-11(18)14-4-5-16(7)12(19)8-2-3-9(15-13)10(6-8)17(20)21/h2-3,6-7,15H,4-5,13H2,1H3,(H,14,18). The highest BCUT2D eigenvalue weighted by Gasteiger charge is 2.30. The van der Waals surface area contributed by atoms with Crippen molar-refractivity contribution in [2.24, 2.45) is 5.84 Å². The van der Waals surface area contributed by atoms with Crippen LogP contribution in [0.1, 0.15) is 17.3 Å². The fourth-order valence-electron chi connectivity index (χ4n) is 2.16. The summed E-state index contributed by atoms with van der Waals surface area (Å²) in [4.78, 5) is 35.7. The number of nitrogen functional groups attached to an aromatic ring is 1. The van der Waals surface area contributed by atoms with Gasteiger partial charge in [0, 0.05) is 24.7 Å². The third-order valence-electron chi connectivity index (χ3n) is 3.36. The predicted octanol–water partition coefficient (Wildman–Crippen LogP) is -0.159. The molecule has 1 aromatic carbocycles. The fraction of sp³-hybridized carbons (Fsp3) is 0.333. The molecule has 1 atom stereocenters. The number of amides is 2. The summed E-state index contributed by atoms with van der Waals surface area (Å²) >= 11 is 0. The van der Waals surface area contributed by atoms with Crippen LogP contribution in [-0.2, 0) is 4.79 Å². The summed E-state index contributed by atoms with van der Waals surface area (Å²) in [5, 5.41) is 13.6. The smallest absolute Gasteiger partial charge is 0.294 e. The van der Waals surface area contributed by atoms with E-state index >= 15 is 0 Å². The van der Waals surface area contributed by atoms with Crippen LogP contribution in [0.3, 0.4) is 0 Å². The summed E-state index contributed by atoms with van der Waals surface area (Å²) in [5.41, 5.74) is 2.17. The molecular formula is C12H15N5O4. The topological polar surface area (TPSA) is 131 Å². The molecule has 0 radical (unpaired) electrons. The Hall–Kier alpha value is -2.68. The normalized spacial score (nSPS) is 18.1. The molecule has 2 amide bonds. The summed E-state index contributed by atoms with van der Waals surface area (Å²) in [5.74, 6) is 4.52. The molecular weight excluding hydrogens is 278 g/mol. The van der Waals surface area contributed by atoms with E-state index in [0.717, 1.165) is 6.07 Å². The zero-order valence-electron chi connectivity index (χ0n) is 11.3. The predicted molar refractivity (Wildman–Crippen MR) is 74.4 cm³/mol. The van der Waals surface area contributed by atoms with Crippen LogP contribution in [0, 0.1) is 10.1 Å². The van der Waals surface area contributed by atoms with Crippen molar-refractivity contribution < 1.29 is 14.5 Å². The fourth-order valence-corrected chi connectivity index (χ4v) is 2.16. The summed E-state index contributed by atoms with van der Waals surface area (Å²) in [6, 6.07) is 3.33. The Labute approximate surface area is 120 Å². The number of nitro groups is 1. The highest BCUT2D eigenvalue weighted by atomic mass is 16.6. The van der Waals surface area contributed by atoms with Crippen molar-refractivity contribution in [3.8, 4) is 0 Å². The number of nitrogens with one attached hydrogen (secondary N) is 2. The zero-order chi connectivity index (χ0) is 15.6. The highest BCUT2D eigenvalue weighted by Crippen LogP contribution is 2.25. The lowest BCUT2D eigenvalue weighted by Gasteiger charge is -2.32. The Morgan fingerprint density at radius 1 is 1.57 bits per heavy atom. The van der Waals surface area contributed by atoms with Crippen molar-refractivity contribution in [3.05, 3.63) is 33.9 Å². The lowest BCUT2D eigenvalue weighted by Crippen LogP contribution is -2.55. The first-order valence-electron chi connectivity index (χ1n) is 6.29. The number of piperazine rings is 1. The maximum absolute atomic E-state index is 12.4. The van der Waals surface area contributed by atoms with Crippen molar-refractivity contribution in [1.82, 2.24) is 10.2 Å². The molecule has 0 aliphatic carbocycles. The van der Waals surface area contributed by atoms with E-state index in [9.17, 15) is 19.7 Å². The number of hydrogen-bond donors (Lipinski definition) is 3. The summed E-state index contributed by atoms with van der Waals surface area (Å²) in [6.07, 6.45) is 0. The average molecular weight is 293 g/mol. The van der Waals surface area contributed by atoms with Gasteiger partial charge in [-0.05, 0) is 19.1 Å². The molecule has 1 aliphatic heterocycles. The van der Waals surface area contributed by atoms with Crippen LogP contribution in [0.15, 0.2) is 18.2 Å². The van der Waals surface area contributed by atoms with Gasteiger partial charge in [-0.15, -0.1) is 0 Å². The molecule has 21 heavy (non-hydrogen) atoms. The Balaban J connectivity index is 2.33. The van der Waals surface area contributed by atoms with Gasteiger partial charge in [0.15, 0.2) is 0 Å². The molecule has 1 fully saturated rings. The van der Waals surface area contributed by atoms with Crippen molar-refractivity contribution in [1.29, 1.82) is 0 Å². The number of nitro benzene ring substituents is 1. The van der Waals surface area contributed by atoms with E-state index in [1.165, 1.54) is 17.0 Å². The van der Waals surface area contributed by atoms with Crippen LogP contribution in [0.5, 0.6) is 0 Å². The number of nitrogens with zero attached hydrogens (tertiary/aromatic N) is 2. The molecule has 1 unspecified atom stereocenters. The van der Waals surface area contributed by atoms with Gasteiger partial charge >= 0.3 is 0 Å².